The van der Waals surface area contributed by atoms with Crippen molar-refractivity contribution in [3.63, 3.8) is 0 Å². The highest BCUT2D eigenvalue weighted by atomic mass is 15.1. The molecule has 1 heterocycles. The normalized spacial score (nSPS) is 12.6. The lowest BCUT2D eigenvalue weighted by atomic mass is 10.0. The van der Waals surface area contributed by atoms with Gasteiger partial charge in [0, 0.05) is 24.5 Å². The number of aryl methyl sites for hydroxylation is 2. The molecule has 2 aromatic rings. The van der Waals surface area contributed by atoms with Gasteiger partial charge in [-0.1, -0.05) is 29.3 Å². The Labute approximate surface area is 102 Å². The van der Waals surface area contributed by atoms with Gasteiger partial charge in [0.15, 0.2) is 0 Å². The molecule has 0 aliphatic heterocycles. The van der Waals surface area contributed by atoms with E-state index in [0.717, 1.165) is 12.2 Å². The van der Waals surface area contributed by atoms with E-state index < -0.39 is 0 Å². The van der Waals surface area contributed by atoms with Crippen molar-refractivity contribution < 1.29 is 0 Å². The van der Waals surface area contributed by atoms with E-state index >= 15 is 0 Å². The molecule has 0 aliphatic rings. The third-order valence-electron chi connectivity index (χ3n) is 2.90. The second-order valence-electron chi connectivity index (χ2n) is 4.61. The van der Waals surface area contributed by atoms with Gasteiger partial charge in [0.2, 0.25) is 0 Å². The monoisotopic (exact) mass is 229 g/mol. The highest BCUT2D eigenvalue weighted by Gasteiger charge is 2.06. The smallest absolute Gasteiger partial charge is 0.0490 e. The van der Waals surface area contributed by atoms with Crippen LogP contribution in [0, 0.1) is 13.8 Å². The molecule has 0 bridgehead atoms. The van der Waals surface area contributed by atoms with Crippen molar-refractivity contribution in [2.75, 3.05) is 0 Å². The molecule has 3 heteroatoms. The van der Waals surface area contributed by atoms with Crippen LogP contribution in [-0.2, 0) is 6.54 Å². The predicted octanol–water partition coefficient (Wildman–Crippen LogP) is 2.88. The van der Waals surface area contributed by atoms with Crippen LogP contribution in [0.5, 0.6) is 0 Å². The lowest BCUT2D eigenvalue weighted by Crippen LogP contribution is -2.18. The number of aromatic amines is 1. The van der Waals surface area contributed by atoms with Gasteiger partial charge in [0.05, 0.1) is 0 Å². The van der Waals surface area contributed by atoms with Crippen molar-refractivity contribution in [3.8, 4) is 0 Å². The summed E-state index contributed by atoms with van der Waals surface area (Å²) in [5, 5.41) is 10.4. The molecule has 0 saturated heterocycles. The van der Waals surface area contributed by atoms with E-state index in [-0.39, 0.29) is 0 Å². The number of aromatic nitrogens is 2. The molecule has 2 rings (SSSR count). The lowest BCUT2D eigenvalue weighted by Gasteiger charge is -2.15. The molecule has 0 saturated carbocycles. The van der Waals surface area contributed by atoms with Crippen molar-refractivity contribution >= 4 is 0 Å². The van der Waals surface area contributed by atoms with Gasteiger partial charge in [0.25, 0.3) is 0 Å². The average Bonchev–Trinajstić information content (AvgIpc) is 2.77. The first-order valence-corrected chi connectivity index (χ1v) is 5.95. The van der Waals surface area contributed by atoms with Gasteiger partial charge in [-0.15, -0.1) is 0 Å². The molecule has 17 heavy (non-hydrogen) atoms. The Hall–Kier alpha value is -1.61. The quantitative estimate of drug-likeness (QED) is 0.846. The Morgan fingerprint density at radius 2 is 1.94 bits per heavy atom. The van der Waals surface area contributed by atoms with Crippen LogP contribution in [0.25, 0.3) is 0 Å². The molecule has 1 aromatic carbocycles. The van der Waals surface area contributed by atoms with Gasteiger partial charge in [-0.25, -0.2) is 0 Å². The zero-order valence-electron chi connectivity index (χ0n) is 10.6. The van der Waals surface area contributed by atoms with E-state index in [4.69, 9.17) is 0 Å². The van der Waals surface area contributed by atoms with Gasteiger partial charge in [-0.05, 0) is 32.4 Å². The average molecular weight is 229 g/mol. The third-order valence-corrected chi connectivity index (χ3v) is 2.90. The summed E-state index contributed by atoms with van der Waals surface area (Å²) in [6, 6.07) is 9.00. The second kappa shape index (κ2) is 5.15. The van der Waals surface area contributed by atoms with Crippen molar-refractivity contribution in [2.45, 2.75) is 33.4 Å². The van der Waals surface area contributed by atoms with Crippen LogP contribution in [0.1, 0.15) is 35.3 Å². The summed E-state index contributed by atoms with van der Waals surface area (Å²) >= 11 is 0. The van der Waals surface area contributed by atoms with Crippen LogP contribution in [0.2, 0.25) is 0 Å². The minimum atomic E-state index is 0.344. The maximum absolute atomic E-state index is 3.94. The fourth-order valence-electron chi connectivity index (χ4n) is 2.02. The summed E-state index contributed by atoms with van der Waals surface area (Å²) in [5.41, 5.74) is 5.08. The molecular weight excluding hydrogens is 210 g/mol. The van der Waals surface area contributed by atoms with Crippen LogP contribution in [-0.4, -0.2) is 10.2 Å². The molecule has 0 aliphatic carbocycles. The Bertz CT molecular complexity index is 454. The topological polar surface area (TPSA) is 40.7 Å². The molecule has 1 unspecified atom stereocenters. The van der Waals surface area contributed by atoms with Gasteiger partial charge in [-0.3, -0.25) is 5.10 Å². The zero-order valence-corrected chi connectivity index (χ0v) is 10.6. The Kier molecular flexibility index (Phi) is 3.59. The maximum Gasteiger partial charge on any atom is 0.0490 e. The van der Waals surface area contributed by atoms with Crippen molar-refractivity contribution in [3.05, 3.63) is 52.8 Å². The van der Waals surface area contributed by atoms with Crippen molar-refractivity contribution in [1.29, 1.82) is 0 Å². The number of benzene rings is 1. The molecule has 0 fully saturated rings. The van der Waals surface area contributed by atoms with E-state index in [9.17, 15) is 0 Å². The number of hydrogen-bond donors (Lipinski definition) is 2. The number of H-pyrrole nitrogens is 1. The number of nitrogens with zero attached hydrogens (tertiary/aromatic N) is 1. The summed E-state index contributed by atoms with van der Waals surface area (Å²) in [6.45, 7) is 7.27. The summed E-state index contributed by atoms with van der Waals surface area (Å²) in [4.78, 5) is 0. The number of nitrogens with one attached hydrogen (secondary N) is 2. The van der Waals surface area contributed by atoms with E-state index in [2.05, 4.69) is 54.5 Å². The van der Waals surface area contributed by atoms with Gasteiger partial charge >= 0.3 is 0 Å². The first-order chi connectivity index (χ1) is 8.15. The highest BCUT2D eigenvalue weighted by Crippen LogP contribution is 2.16. The Balaban J connectivity index is 2.01. The molecule has 0 spiro atoms. The Morgan fingerprint density at radius 1 is 1.24 bits per heavy atom. The highest BCUT2D eigenvalue weighted by molar-refractivity contribution is 5.30. The Morgan fingerprint density at radius 3 is 2.53 bits per heavy atom. The molecule has 90 valence electrons. The van der Waals surface area contributed by atoms with E-state index in [1.807, 2.05) is 6.07 Å². The largest absolute Gasteiger partial charge is 0.305 e. The molecule has 1 atom stereocenters. The standard InChI is InChI=1S/C14H19N3/c1-10-6-11(2)8-13(7-10)12(3)15-9-14-4-5-16-17-14/h4-8,12,15H,9H2,1-3H3,(H,16,17). The number of hydrogen-bond acceptors (Lipinski definition) is 2. The zero-order chi connectivity index (χ0) is 12.3. The van der Waals surface area contributed by atoms with Gasteiger partial charge in [0.1, 0.15) is 0 Å². The minimum Gasteiger partial charge on any atom is -0.305 e. The molecule has 3 nitrogen and oxygen atoms in total. The molecular formula is C14H19N3. The second-order valence-corrected chi connectivity index (χ2v) is 4.61. The summed E-state index contributed by atoms with van der Waals surface area (Å²) in [6.07, 6.45) is 1.78. The lowest BCUT2D eigenvalue weighted by molar-refractivity contribution is 0.566. The third kappa shape index (κ3) is 3.17. The van der Waals surface area contributed by atoms with Gasteiger partial charge < -0.3 is 5.32 Å². The van der Waals surface area contributed by atoms with Crippen LogP contribution >= 0.6 is 0 Å². The number of rotatable bonds is 4. The fraction of sp³-hybridized carbons (Fsp3) is 0.357. The molecule has 2 N–H and O–H groups in total. The van der Waals surface area contributed by atoms with E-state index in [0.29, 0.717) is 6.04 Å². The summed E-state index contributed by atoms with van der Waals surface area (Å²) in [7, 11) is 0. The molecule has 0 radical (unpaired) electrons. The van der Waals surface area contributed by atoms with Crippen LogP contribution in [0.3, 0.4) is 0 Å². The van der Waals surface area contributed by atoms with Crippen molar-refractivity contribution in [1.82, 2.24) is 15.5 Å². The van der Waals surface area contributed by atoms with E-state index in [1.54, 1.807) is 6.20 Å². The van der Waals surface area contributed by atoms with Crippen LogP contribution in [0.15, 0.2) is 30.5 Å². The van der Waals surface area contributed by atoms with E-state index in [1.165, 1.54) is 16.7 Å². The molecule has 1 aromatic heterocycles. The fourth-order valence-corrected chi connectivity index (χ4v) is 2.02. The summed E-state index contributed by atoms with van der Waals surface area (Å²) < 4.78 is 0. The van der Waals surface area contributed by atoms with Crippen LogP contribution < -0.4 is 5.32 Å². The SMILES string of the molecule is Cc1cc(C)cc(C(C)NCc2ccn[nH]2)c1. The minimum absolute atomic E-state index is 0.344. The van der Waals surface area contributed by atoms with Crippen molar-refractivity contribution in [2.24, 2.45) is 0 Å². The molecule has 0 amide bonds. The summed E-state index contributed by atoms with van der Waals surface area (Å²) in [5.74, 6) is 0. The van der Waals surface area contributed by atoms with Gasteiger partial charge in [-0.2, -0.15) is 5.10 Å². The van der Waals surface area contributed by atoms with Crippen LogP contribution in [0.4, 0.5) is 0 Å². The first kappa shape index (κ1) is 11.9. The maximum atomic E-state index is 3.94. The first-order valence-electron chi connectivity index (χ1n) is 5.95. The predicted molar refractivity (Wildman–Crippen MR) is 69.8 cm³/mol.